The van der Waals surface area contributed by atoms with Crippen molar-refractivity contribution in [1.82, 2.24) is 15.1 Å². The van der Waals surface area contributed by atoms with Crippen LogP contribution in [0.3, 0.4) is 0 Å². The molecule has 1 aliphatic rings. The van der Waals surface area contributed by atoms with Crippen molar-refractivity contribution < 1.29 is 14.7 Å². The normalized spacial score (nSPS) is 18.4. The lowest BCUT2D eigenvalue weighted by Gasteiger charge is -2.37. The van der Waals surface area contributed by atoms with Crippen LogP contribution in [0.4, 0.5) is 0 Å². The minimum absolute atomic E-state index is 0.164. The van der Waals surface area contributed by atoms with Gasteiger partial charge >= 0.3 is 5.97 Å². The first-order chi connectivity index (χ1) is 8.89. The molecular weight excluding hydrogens is 248 g/mol. The lowest BCUT2D eigenvalue weighted by atomic mass is 9.75. The molecule has 104 valence electrons. The highest BCUT2D eigenvalue weighted by atomic mass is 16.4. The average Bonchev–Trinajstić information content (AvgIpc) is 2.70. The number of carbonyl (C=O) groups excluding carboxylic acids is 1. The number of carboxylic acids is 1. The fraction of sp³-hybridized carbons (Fsp3) is 0.583. The number of nitrogens with one attached hydrogen (secondary N) is 1. The zero-order chi connectivity index (χ0) is 14.0. The van der Waals surface area contributed by atoms with Crippen molar-refractivity contribution in [2.24, 2.45) is 12.8 Å². The maximum absolute atomic E-state index is 11.9. The number of rotatable bonds is 5. The van der Waals surface area contributed by atoms with E-state index in [0.717, 1.165) is 19.3 Å². The van der Waals surface area contributed by atoms with Crippen LogP contribution in [-0.2, 0) is 16.6 Å². The highest BCUT2D eigenvalue weighted by molar-refractivity contribution is 5.85. The lowest BCUT2D eigenvalue weighted by Crippen LogP contribution is -2.50. The molecule has 7 nitrogen and oxygen atoms in total. The van der Waals surface area contributed by atoms with Crippen molar-refractivity contribution in [1.29, 1.82) is 0 Å². The van der Waals surface area contributed by atoms with E-state index in [2.05, 4.69) is 10.4 Å². The Bertz CT molecular complexity index is 493. The Kier molecular flexibility index (Phi) is 3.57. The summed E-state index contributed by atoms with van der Waals surface area (Å²) >= 11 is 0. The van der Waals surface area contributed by atoms with Crippen molar-refractivity contribution in [3.63, 3.8) is 0 Å². The van der Waals surface area contributed by atoms with E-state index in [-0.39, 0.29) is 12.3 Å². The van der Waals surface area contributed by atoms with E-state index in [4.69, 9.17) is 5.73 Å². The van der Waals surface area contributed by atoms with Gasteiger partial charge in [0.2, 0.25) is 5.91 Å². The van der Waals surface area contributed by atoms with Gasteiger partial charge in [0.05, 0.1) is 6.20 Å². The van der Waals surface area contributed by atoms with Crippen LogP contribution in [0.25, 0.3) is 0 Å². The van der Waals surface area contributed by atoms with E-state index in [1.54, 1.807) is 13.2 Å². The summed E-state index contributed by atoms with van der Waals surface area (Å²) in [5, 5.41) is 15.6. The first kappa shape index (κ1) is 13.5. The minimum Gasteiger partial charge on any atom is -0.479 e. The summed E-state index contributed by atoms with van der Waals surface area (Å²) in [6, 6.07) is -1.08. The molecule has 0 radical (unpaired) electrons. The zero-order valence-corrected chi connectivity index (χ0v) is 10.8. The van der Waals surface area contributed by atoms with Crippen molar-refractivity contribution >= 4 is 11.9 Å². The Labute approximate surface area is 110 Å². The quantitative estimate of drug-likeness (QED) is 0.691. The summed E-state index contributed by atoms with van der Waals surface area (Å²) in [5.74, 6) is -1.44. The number of aliphatic carboxylic acids is 1. The van der Waals surface area contributed by atoms with Gasteiger partial charge in [0, 0.05) is 30.8 Å². The van der Waals surface area contributed by atoms with Gasteiger partial charge in [0.1, 0.15) is 0 Å². The van der Waals surface area contributed by atoms with Crippen molar-refractivity contribution in [3.8, 4) is 0 Å². The highest BCUT2D eigenvalue weighted by Crippen LogP contribution is 2.32. The number of hydrogen-bond acceptors (Lipinski definition) is 4. The molecule has 0 bridgehead atoms. The molecule has 1 aliphatic carbocycles. The van der Waals surface area contributed by atoms with Crippen LogP contribution >= 0.6 is 0 Å². The number of carbonyl (C=O) groups is 2. The summed E-state index contributed by atoms with van der Waals surface area (Å²) in [5.41, 5.74) is 5.96. The zero-order valence-electron chi connectivity index (χ0n) is 10.8. The molecule has 0 aliphatic heterocycles. The van der Waals surface area contributed by atoms with Crippen LogP contribution in [-0.4, -0.2) is 32.3 Å². The second kappa shape index (κ2) is 5.00. The molecule has 0 saturated heterocycles. The maximum atomic E-state index is 11.9. The number of carboxylic acid groups (broad SMARTS) is 1. The molecule has 4 N–H and O–H groups in total. The van der Waals surface area contributed by atoms with Gasteiger partial charge in [0.15, 0.2) is 6.04 Å². The van der Waals surface area contributed by atoms with E-state index >= 15 is 0 Å². The number of nitrogens with zero attached hydrogens (tertiary/aromatic N) is 2. The summed E-state index contributed by atoms with van der Waals surface area (Å²) in [7, 11) is 1.69. The Balaban J connectivity index is 2.01. The third-order valence-electron chi connectivity index (χ3n) is 3.47. The second-order valence-corrected chi connectivity index (χ2v) is 5.18. The molecule has 1 saturated carbocycles. The topological polar surface area (TPSA) is 110 Å². The fourth-order valence-electron chi connectivity index (χ4n) is 2.22. The first-order valence-electron chi connectivity index (χ1n) is 6.19. The Morgan fingerprint density at radius 1 is 1.63 bits per heavy atom. The van der Waals surface area contributed by atoms with Gasteiger partial charge in [-0.25, -0.2) is 4.79 Å². The molecule has 1 atom stereocenters. The van der Waals surface area contributed by atoms with Crippen molar-refractivity contribution in [2.75, 3.05) is 0 Å². The Morgan fingerprint density at radius 3 is 2.74 bits per heavy atom. The van der Waals surface area contributed by atoms with Gasteiger partial charge in [0.25, 0.3) is 0 Å². The maximum Gasteiger partial charge on any atom is 0.331 e. The first-order valence-corrected chi connectivity index (χ1v) is 6.19. The average molecular weight is 266 g/mol. The number of hydrogen-bond donors (Lipinski definition) is 3. The number of nitrogens with two attached hydrogens (primary N) is 1. The molecule has 1 heterocycles. The predicted octanol–water partition coefficient (Wildman–Crippen LogP) is -0.0665. The largest absolute Gasteiger partial charge is 0.479 e. The van der Waals surface area contributed by atoms with Crippen LogP contribution in [0.2, 0.25) is 0 Å². The SMILES string of the molecule is Cn1cc(C(NC(=O)CC2(N)CCC2)C(=O)O)cn1. The molecule has 1 aromatic rings. The molecule has 2 rings (SSSR count). The minimum atomic E-state index is -1.11. The molecule has 1 aromatic heterocycles. The monoisotopic (exact) mass is 266 g/mol. The Hall–Kier alpha value is -1.89. The number of aromatic nitrogens is 2. The fourth-order valence-corrected chi connectivity index (χ4v) is 2.22. The Morgan fingerprint density at radius 2 is 2.32 bits per heavy atom. The van der Waals surface area contributed by atoms with Gasteiger partial charge in [-0.3, -0.25) is 9.48 Å². The van der Waals surface area contributed by atoms with Gasteiger partial charge in [-0.1, -0.05) is 0 Å². The number of amides is 1. The molecule has 1 unspecified atom stereocenters. The summed E-state index contributed by atoms with van der Waals surface area (Å²) in [6.45, 7) is 0. The molecule has 0 spiro atoms. The molecule has 0 aromatic carbocycles. The molecule has 1 fully saturated rings. The summed E-state index contributed by atoms with van der Waals surface area (Å²) in [6.07, 6.45) is 5.81. The van der Waals surface area contributed by atoms with Crippen LogP contribution in [0.5, 0.6) is 0 Å². The lowest BCUT2D eigenvalue weighted by molar-refractivity contribution is -0.142. The van der Waals surface area contributed by atoms with Crippen LogP contribution in [0.15, 0.2) is 12.4 Å². The van der Waals surface area contributed by atoms with Crippen molar-refractivity contribution in [2.45, 2.75) is 37.3 Å². The molecule has 1 amide bonds. The molecule has 19 heavy (non-hydrogen) atoms. The van der Waals surface area contributed by atoms with E-state index in [0.29, 0.717) is 5.56 Å². The van der Waals surface area contributed by atoms with Gasteiger partial charge in [-0.2, -0.15) is 5.10 Å². The van der Waals surface area contributed by atoms with Gasteiger partial charge in [-0.05, 0) is 19.3 Å². The smallest absolute Gasteiger partial charge is 0.331 e. The van der Waals surface area contributed by atoms with E-state index in [9.17, 15) is 14.7 Å². The third kappa shape index (κ3) is 3.11. The third-order valence-corrected chi connectivity index (χ3v) is 3.47. The standard InChI is InChI=1S/C12H18N4O3/c1-16-7-8(6-14-16)10(11(18)19)15-9(17)5-12(13)3-2-4-12/h6-7,10H,2-5,13H2,1H3,(H,15,17)(H,18,19). The van der Waals surface area contributed by atoms with Gasteiger partial charge < -0.3 is 16.2 Å². The van der Waals surface area contributed by atoms with E-state index in [1.807, 2.05) is 0 Å². The van der Waals surface area contributed by atoms with Crippen molar-refractivity contribution in [3.05, 3.63) is 18.0 Å². The summed E-state index contributed by atoms with van der Waals surface area (Å²) in [4.78, 5) is 23.1. The van der Waals surface area contributed by atoms with E-state index < -0.39 is 17.6 Å². The highest BCUT2D eigenvalue weighted by Gasteiger charge is 2.35. The molecular formula is C12H18N4O3. The van der Waals surface area contributed by atoms with Crippen LogP contribution in [0, 0.1) is 0 Å². The van der Waals surface area contributed by atoms with Crippen LogP contribution < -0.4 is 11.1 Å². The van der Waals surface area contributed by atoms with Crippen LogP contribution in [0.1, 0.15) is 37.3 Å². The number of aryl methyl sites for hydroxylation is 1. The predicted molar refractivity (Wildman–Crippen MR) is 67.1 cm³/mol. The molecule has 7 heteroatoms. The summed E-state index contributed by atoms with van der Waals surface area (Å²) < 4.78 is 1.49. The van der Waals surface area contributed by atoms with E-state index in [1.165, 1.54) is 10.9 Å². The van der Waals surface area contributed by atoms with Gasteiger partial charge in [-0.15, -0.1) is 0 Å². The second-order valence-electron chi connectivity index (χ2n) is 5.18.